The van der Waals surface area contributed by atoms with Gasteiger partial charge >= 0.3 is 5.97 Å². The number of hydrogen-bond acceptors (Lipinski definition) is 7. The van der Waals surface area contributed by atoms with Crippen molar-refractivity contribution in [1.29, 1.82) is 0 Å². The van der Waals surface area contributed by atoms with Crippen LogP contribution in [0.1, 0.15) is 67.6 Å². The quantitative estimate of drug-likeness (QED) is 0.385. The fourth-order valence-corrected chi connectivity index (χ4v) is 4.08. The Kier molecular flexibility index (Phi) is 7.73. The van der Waals surface area contributed by atoms with Gasteiger partial charge in [-0.3, -0.25) is 9.59 Å². The summed E-state index contributed by atoms with van der Waals surface area (Å²) in [7, 11) is 0. The van der Waals surface area contributed by atoms with Crippen molar-refractivity contribution in [3.8, 4) is 0 Å². The van der Waals surface area contributed by atoms with Gasteiger partial charge in [-0.1, -0.05) is 57.7 Å². The molecule has 0 bridgehead atoms. The summed E-state index contributed by atoms with van der Waals surface area (Å²) in [5, 5.41) is 7.97. The first-order chi connectivity index (χ1) is 15.6. The molecule has 0 fully saturated rings. The smallest absolute Gasteiger partial charge is 0.310 e. The zero-order chi connectivity index (χ0) is 24.3. The van der Waals surface area contributed by atoms with Crippen molar-refractivity contribution in [3.05, 3.63) is 46.3 Å². The van der Waals surface area contributed by atoms with Gasteiger partial charge in [0.15, 0.2) is 6.61 Å². The van der Waals surface area contributed by atoms with Gasteiger partial charge in [0.25, 0.3) is 11.7 Å². The normalized spacial score (nSPS) is 11.4. The van der Waals surface area contributed by atoms with Gasteiger partial charge in [-0.05, 0) is 43.1 Å². The average Bonchev–Trinajstić information content (AvgIpc) is 3.18. The largest absolute Gasteiger partial charge is 0.455 e. The van der Waals surface area contributed by atoms with Gasteiger partial charge in [0.2, 0.25) is 5.16 Å². The lowest BCUT2D eigenvalue weighted by molar-refractivity contribution is -0.146. The first-order valence-electron chi connectivity index (χ1n) is 11.0. The van der Waals surface area contributed by atoms with Crippen LogP contribution in [0.5, 0.6) is 0 Å². The van der Waals surface area contributed by atoms with Gasteiger partial charge in [0.1, 0.15) is 0 Å². The Balaban J connectivity index is 1.69. The van der Waals surface area contributed by atoms with Crippen LogP contribution in [-0.2, 0) is 20.7 Å². The Morgan fingerprint density at radius 2 is 1.73 bits per heavy atom. The molecule has 0 aliphatic carbocycles. The Labute approximate surface area is 198 Å². The van der Waals surface area contributed by atoms with E-state index in [0.717, 1.165) is 28.1 Å². The van der Waals surface area contributed by atoms with Crippen LogP contribution < -0.4 is 5.32 Å². The number of ether oxygens (including phenoxy) is 1. The molecule has 0 aliphatic rings. The van der Waals surface area contributed by atoms with E-state index in [1.54, 1.807) is 4.52 Å². The maximum absolute atomic E-state index is 12.6. The number of nitrogens with zero attached hydrogens (tertiary/aromatic N) is 4. The summed E-state index contributed by atoms with van der Waals surface area (Å²) in [4.78, 5) is 34.0. The summed E-state index contributed by atoms with van der Waals surface area (Å²) in [6, 6.07) is 6.03. The maximum atomic E-state index is 12.6. The number of carbonyl (C=O) groups excluding carboxylic acids is 2. The van der Waals surface area contributed by atoms with Crippen molar-refractivity contribution >= 4 is 35.1 Å². The summed E-state index contributed by atoms with van der Waals surface area (Å²) >= 11 is 1.43. The Morgan fingerprint density at radius 3 is 2.30 bits per heavy atom. The number of esters is 1. The zero-order valence-electron chi connectivity index (χ0n) is 20.2. The molecule has 1 aromatic carbocycles. The zero-order valence-corrected chi connectivity index (χ0v) is 21.0. The maximum Gasteiger partial charge on any atom is 0.310 e. The third kappa shape index (κ3) is 5.52. The van der Waals surface area contributed by atoms with Crippen molar-refractivity contribution < 1.29 is 14.3 Å². The molecule has 0 aliphatic heterocycles. The van der Waals surface area contributed by atoms with Crippen LogP contribution in [0.4, 0.5) is 5.69 Å². The lowest BCUT2D eigenvalue weighted by atomic mass is 9.92. The number of para-hydroxylation sites is 1. The molecule has 0 radical (unpaired) electrons. The van der Waals surface area contributed by atoms with E-state index >= 15 is 0 Å². The first-order valence-corrected chi connectivity index (χ1v) is 12.2. The Hall–Kier alpha value is -2.94. The minimum absolute atomic E-state index is 0.00216. The molecule has 2 heterocycles. The molecule has 0 atom stereocenters. The third-order valence-corrected chi connectivity index (χ3v) is 6.07. The molecule has 176 valence electrons. The van der Waals surface area contributed by atoms with Gasteiger partial charge in [-0.2, -0.15) is 4.98 Å². The van der Waals surface area contributed by atoms with E-state index < -0.39 is 5.97 Å². The minimum Gasteiger partial charge on any atom is -0.455 e. The summed E-state index contributed by atoms with van der Waals surface area (Å²) in [5.41, 5.74) is 5.11. The lowest BCUT2D eigenvalue weighted by Gasteiger charge is -2.20. The van der Waals surface area contributed by atoms with Gasteiger partial charge in [-0.15, -0.1) is 5.10 Å². The molecule has 8 nitrogen and oxygen atoms in total. The molecule has 0 unspecified atom stereocenters. The summed E-state index contributed by atoms with van der Waals surface area (Å²) in [6.45, 7) is 11.7. The molecule has 2 aromatic heterocycles. The van der Waals surface area contributed by atoms with E-state index in [9.17, 15) is 9.59 Å². The number of hydrogen-bond donors (Lipinski definition) is 1. The van der Waals surface area contributed by atoms with E-state index in [1.807, 2.05) is 38.3 Å². The average molecular weight is 470 g/mol. The number of aryl methyl sites for hydroxylation is 2. The van der Waals surface area contributed by atoms with Gasteiger partial charge in [0, 0.05) is 22.6 Å². The van der Waals surface area contributed by atoms with E-state index in [0.29, 0.717) is 16.6 Å². The number of thioether (sulfide) groups is 1. The molecular formula is C24H31N5O3S. The highest BCUT2D eigenvalue weighted by atomic mass is 32.2. The minimum atomic E-state index is -0.496. The number of nitrogens with one attached hydrogen (secondary N) is 1. The highest BCUT2D eigenvalue weighted by Gasteiger charge is 2.19. The molecule has 1 amide bonds. The monoisotopic (exact) mass is 469 g/mol. The molecule has 33 heavy (non-hydrogen) atoms. The molecule has 3 rings (SSSR count). The summed E-state index contributed by atoms with van der Waals surface area (Å²) in [5.74, 6) is 0.137. The molecule has 0 spiro atoms. The van der Waals surface area contributed by atoms with Crippen LogP contribution in [0.25, 0.3) is 5.78 Å². The number of amides is 1. The van der Waals surface area contributed by atoms with Crippen LogP contribution in [0, 0.1) is 13.8 Å². The molecule has 0 saturated heterocycles. The van der Waals surface area contributed by atoms with E-state index in [-0.39, 0.29) is 30.8 Å². The van der Waals surface area contributed by atoms with Crippen LogP contribution >= 0.6 is 11.8 Å². The molecule has 1 N–H and O–H groups in total. The number of anilines is 1. The predicted molar refractivity (Wildman–Crippen MR) is 130 cm³/mol. The fraction of sp³-hybridized carbons (Fsp3) is 0.458. The van der Waals surface area contributed by atoms with Crippen LogP contribution in [0.15, 0.2) is 23.4 Å². The van der Waals surface area contributed by atoms with Gasteiger partial charge < -0.3 is 10.1 Å². The lowest BCUT2D eigenvalue weighted by Crippen LogP contribution is -2.23. The predicted octanol–water partition coefficient (Wildman–Crippen LogP) is 4.43. The van der Waals surface area contributed by atoms with Crippen molar-refractivity contribution in [2.45, 2.75) is 65.0 Å². The third-order valence-electron chi connectivity index (χ3n) is 5.53. The number of carbonyl (C=O) groups is 2. The number of aromatic nitrogens is 4. The van der Waals surface area contributed by atoms with Crippen LogP contribution in [-0.4, -0.2) is 44.3 Å². The molecular weight excluding hydrogens is 438 g/mol. The summed E-state index contributed by atoms with van der Waals surface area (Å²) in [6.07, 6.45) is 1.89. The van der Waals surface area contributed by atoms with E-state index in [1.165, 1.54) is 11.8 Å². The standard InChI is InChI=1S/C24H31N5O3S/c1-13(2)17-9-8-10-18(14(3)4)22(17)26-20(30)12-32-21(31)11-19-15(5)25-23-27-24(33-7)28-29(23)16(19)6/h8-10,13-14H,11-12H2,1-7H3,(H,26,30). The van der Waals surface area contributed by atoms with Gasteiger partial charge in [-0.25, -0.2) is 9.50 Å². The Bertz CT molecular complexity index is 1160. The van der Waals surface area contributed by atoms with Crippen LogP contribution in [0.2, 0.25) is 0 Å². The van der Waals surface area contributed by atoms with Crippen molar-refractivity contribution in [1.82, 2.24) is 19.6 Å². The highest BCUT2D eigenvalue weighted by molar-refractivity contribution is 7.98. The highest BCUT2D eigenvalue weighted by Crippen LogP contribution is 2.32. The van der Waals surface area contributed by atoms with Gasteiger partial charge in [0.05, 0.1) is 6.42 Å². The second-order valence-electron chi connectivity index (χ2n) is 8.58. The van der Waals surface area contributed by atoms with Crippen LogP contribution in [0.3, 0.4) is 0 Å². The number of fused-ring (bicyclic) bond motifs is 1. The van der Waals surface area contributed by atoms with E-state index in [4.69, 9.17) is 4.74 Å². The number of benzene rings is 1. The second-order valence-corrected chi connectivity index (χ2v) is 9.35. The summed E-state index contributed by atoms with van der Waals surface area (Å²) < 4.78 is 6.93. The first kappa shape index (κ1) is 24.7. The topological polar surface area (TPSA) is 98.5 Å². The van der Waals surface area contributed by atoms with E-state index in [2.05, 4.69) is 48.1 Å². The molecule has 0 saturated carbocycles. The Morgan fingerprint density at radius 1 is 1.09 bits per heavy atom. The SMILES string of the molecule is CSc1nc2nc(C)c(CC(=O)OCC(=O)Nc3c(C(C)C)cccc3C(C)C)c(C)n2n1. The van der Waals surface area contributed by atoms with Crippen molar-refractivity contribution in [3.63, 3.8) is 0 Å². The molecule has 9 heteroatoms. The fourth-order valence-electron chi connectivity index (χ4n) is 3.74. The number of rotatable bonds is 8. The molecule has 3 aromatic rings. The van der Waals surface area contributed by atoms with Crippen molar-refractivity contribution in [2.24, 2.45) is 0 Å². The second kappa shape index (κ2) is 10.3. The van der Waals surface area contributed by atoms with Crippen molar-refractivity contribution in [2.75, 3.05) is 18.2 Å².